The summed E-state index contributed by atoms with van der Waals surface area (Å²) in [6.45, 7) is 31.5. The van der Waals surface area contributed by atoms with Crippen LogP contribution in [0.25, 0.3) is 0 Å². The van der Waals surface area contributed by atoms with Crippen LogP contribution in [0.5, 0.6) is 17.2 Å². The normalized spacial score (nSPS) is 16.2. The first kappa shape index (κ1) is 40.9. The Morgan fingerprint density at radius 1 is 0.429 bits per heavy atom. The minimum absolute atomic E-state index is 0. The van der Waals surface area contributed by atoms with Gasteiger partial charge in [-0.15, -0.1) is 17.2 Å². The third kappa shape index (κ3) is 10.5. The first-order chi connectivity index (χ1) is 22.1. The van der Waals surface area contributed by atoms with E-state index in [2.05, 4.69) is 116 Å². The standard InChI is InChI=1S/C42H63N3O3.Cr/c1-28-19-31(37(46)34(22-28)40(4,5)6)25-43-13-15-44(26-32-20-29(2)23-35(38(32)47)41(7,8)9)17-18-45(16-14-43)27-33-21-30(3)24-36(39(33)48)42(10,11)12;/h19-24,46-48H,13-18,25-27H2,1-12H3;/q;+6/p-3. The average molecular weight is 707 g/mol. The molecule has 0 aliphatic carbocycles. The molecule has 6 nitrogen and oxygen atoms in total. The number of benzene rings is 3. The average Bonchev–Trinajstić information content (AvgIpc) is 3.03. The van der Waals surface area contributed by atoms with Crippen LogP contribution in [-0.4, -0.2) is 54.0 Å². The van der Waals surface area contributed by atoms with E-state index in [1.54, 1.807) is 0 Å². The first-order valence-electron chi connectivity index (χ1n) is 17.7. The quantitative estimate of drug-likeness (QED) is 0.290. The molecule has 3 aromatic carbocycles. The van der Waals surface area contributed by atoms with Gasteiger partial charge in [0.2, 0.25) is 0 Å². The van der Waals surface area contributed by atoms with Crippen LogP contribution in [0.1, 0.15) is 112 Å². The second-order valence-electron chi connectivity index (χ2n) is 17.5. The molecule has 0 atom stereocenters. The van der Waals surface area contributed by atoms with Crippen LogP contribution in [0.4, 0.5) is 0 Å². The second kappa shape index (κ2) is 15.8. The Morgan fingerprint density at radius 2 is 0.633 bits per heavy atom. The Kier molecular flexibility index (Phi) is 13.2. The summed E-state index contributed by atoms with van der Waals surface area (Å²) in [5.74, 6) is 0.410. The predicted molar refractivity (Wildman–Crippen MR) is 194 cm³/mol. The van der Waals surface area contributed by atoms with Gasteiger partial charge in [0.25, 0.3) is 0 Å². The molecule has 1 aliphatic heterocycles. The van der Waals surface area contributed by atoms with Gasteiger partial charge < -0.3 is 15.3 Å². The van der Waals surface area contributed by atoms with E-state index in [-0.39, 0.29) is 50.9 Å². The van der Waals surface area contributed by atoms with Gasteiger partial charge in [-0.2, -0.15) is 0 Å². The van der Waals surface area contributed by atoms with E-state index in [0.717, 1.165) is 89.3 Å². The molecule has 0 bridgehead atoms. The first-order valence-corrected chi connectivity index (χ1v) is 17.7. The smallest absolute Gasteiger partial charge is 0.872 e. The van der Waals surface area contributed by atoms with Crippen molar-refractivity contribution in [1.29, 1.82) is 0 Å². The molecule has 0 unspecified atom stereocenters. The zero-order chi connectivity index (χ0) is 35.8. The van der Waals surface area contributed by atoms with E-state index in [0.29, 0.717) is 19.6 Å². The van der Waals surface area contributed by atoms with Crippen molar-refractivity contribution in [1.82, 2.24) is 14.7 Å². The molecule has 0 N–H and O–H groups in total. The summed E-state index contributed by atoms with van der Waals surface area (Å²) < 4.78 is 0. The maximum Gasteiger partial charge on any atom is 6.00 e. The van der Waals surface area contributed by atoms with E-state index >= 15 is 0 Å². The zero-order valence-corrected chi connectivity index (χ0v) is 33.6. The summed E-state index contributed by atoms with van der Waals surface area (Å²) >= 11 is 0. The summed E-state index contributed by atoms with van der Waals surface area (Å²) in [6, 6.07) is 12.3. The van der Waals surface area contributed by atoms with E-state index in [9.17, 15) is 15.3 Å². The molecule has 0 radical (unpaired) electrons. The molecule has 4 rings (SSSR count). The Hall–Kier alpha value is -2.53. The van der Waals surface area contributed by atoms with E-state index in [1.165, 1.54) is 0 Å². The van der Waals surface area contributed by atoms with E-state index in [1.807, 2.05) is 18.2 Å². The maximum atomic E-state index is 13.7. The van der Waals surface area contributed by atoms with Crippen LogP contribution >= 0.6 is 0 Å². The van der Waals surface area contributed by atoms with Crippen molar-refractivity contribution in [3.8, 4) is 17.2 Å². The van der Waals surface area contributed by atoms with Crippen molar-refractivity contribution < 1.29 is 32.7 Å². The van der Waals surface area contributed by atoms with E-state index < -0.39 is 0 Å². The van der Waals surface area contributed by atoms with Gasteiger partial charge in [-0.05, 0) is 70.4 Å². The molecule has 0 amide bonds. The van der Waals surface area contributed by atoms with Crippen molar-refractivity contribution in [3.05, 3.63) is 86.5 Å². The molecule has 0 aromatic heterocycles. The third-order valence-corrected chi connectivity index (χ3v) is 9.73. The fraction of sp³-hybridized carbons (Fsp3) is 0.571. The molecule has 1 aliphatic rings. The number of aryl methyl sites for hydroxylation is 3. The Morgan fingerprint density at radius 3 is 0.816 bits per heavy atom. The van der Waals surface area contributed by atoms with Gasteiger partial charge in [0, 0.05) is 58.9 Å². The monoisotopic (exact) mass is 706 g/mol. The maximum absolute atomic E-state index is 13.7. The molecule has 49 heavy (non-hydrogen) atoms. The van der Waals surface area contributed by atoms with Gasteiger partial charge in [0.1, 0.15) is 0 Å². The summed E-state index contributed by atoms with van der Waals surface area (Å²) in [5, 5.41) is 41.2. The molecule has 1 saturated heterocycles. The van der Waals surface area contributed by atoms with Crippen LogP contribution in [0.15, 0.2) is 36.4 Å². The zero-order valence-electron chi connectivity index (χ0n) is 32.3. The fourth-order valence-corrected chi connectivity index (χ4v) is 6.95. The van der Waals surface area contributed by atoms with Gasteiger partial charge in [0.05, 0.1) is 0 Å². The minimum atomic E-state index is -0.231. The Bertz CT molecular complexity index is 1400. The predicted octanol–water partition coefficient (Wildman–Crippen LogP) is 6.54. The topological polar surface area (TPSA) is 78.9 Å². The summed E-state index contributed by atoms with van der Waals surface area (Å²) in [6.07, 6.45) is 0. The SMILES string of the molecule is Cc1cc(CN2CCN(Cc3cc(C)cc(C(C)(C)C)c3[O-])CCN(Cc3cc(C)cc(C(C)(C)C)c3[O-])CC2)c([O-])c(C(C)(C)C)c1.[Cr+6]. The van der Waals surface area contributed by atoms with Gasteiger partial charge >= 0.3 is 17.4 Å². The summed E-state index contributed by atoms with van der Waals surface area (Å²) in [4.78, 5) is 7.16. The largest absolute Gasteiger partial charge is 6.00 e. The molecule has 264 valence electrons. The molecule has 3 aromatic rings. The van der Waals surface area contributed by atoms with Gasteiger partial charge in [-0.25, -0.2) is 0 Å². The number of hydrogen-bond donors (Lipinski definition) is 0. The molecule has 0 spiro atoms. The summed E-state index contributed by atoms with van der Waals surface area (Å²) in [7, 11) is 0. The van der Waals surface area contributed by atoms with Gasteiger partial charge in [-0.3, -0.25) is 14.7 Å². The van der Waals surface area contributed by atoms with Crippen molar-refractivity contribution in [2.24, 2.45) is 0 Å². The van der Waals surface area contributed by atoms with Crippen LogP contribution in [-0.2, 0) is 53.2 Å². The summed E-state index contributed by atoms with van der Waals surface area (Å²) in [5.41, 5.74) is 7.72. The second-order valence-corrected chi connectivity index (χ2v) is 17.5. The van der Waals surface area contributed by atoms with Crippen molar-refractivity contribution in [2.45, 2.75) is 119 Å². The minimum Gasteiger partial charge on any atom is -0.872 e. The third-order valence-electron chi connectivity index (χ3n) is 9.73. The van der Waals surface area contributed by atoms with Crippen LogP contribution in [0.2, 0.25) is 0 Å². The van der Waals surface area contributed by atoms with Crippen LogP contribution in [0.3, 0.4) is 0 Å². The van der Waals surface area contributed by atoms with Gasteiger partial charge in [0.15, 0.2) is 0 Å². The van der Waals surface area contributed by atoms with Gasteiger partial charge in [-0.1, -0.05) is 115 Å². The Labute approximate surface area is 308 Å². The molecular formula is C42H60CrN3O3+3. The van der Waals surface area contributed by atoms with Crippen molar-refractivity contribution >= 4 is 0 Å². The number of rotatable bonds is 6. The van der Waals surface area contributed by atoms with E-state index in [4.69, 9.17) is 0 Å². The molecule has 1 heterocycles. The molecule has 7 heteroatoms. The fourth-order valence-electron chi connectivity index (χ4n) is 6.95. The molecular weight excluding hydrogens is 646 g/mol. The van der Waals surface area contributed by atoms with Crippen molar-refractivity contribution in [3.63, 3.8) is 0 Å². The molecule has 1 fully saturated rings. The molecule has 0 saturated carbocycles. The van der Waals surface area contributed by atoms with Crippen LogP contribution in [0, 0.1) is 20.8 Å². The Balaban J connectivity index is 0.00000650. The number of hydrogen-bond acceptors (Lipinski definition) is 6. The number of nitrogens with zero attached hydrogens (tertiary/aromatic N) is 3. The van der Waals surface area contributed by atoms with Crippen molar-refractivity contribution in [2.75, 3.05) is 39.3 Å². The van der Waals surface area contributed by atoms with Crippen LogP contribution < -0.4 is 15.3 Å².